The summed E-state index contributed by atoms with van der Waals surface area (Å²) in [6.45, 7) is 0.179. The first-order chi connectivity index (χ1) is 24.2. The van der Waals surface area contributed by atoms with E-state index in [1.807, 2.05) is 78.9 Å². The van der Waals surface area contributed by atoms with Gasteiger partial charge in [-0.1, -0.05) is 84.4 Å². The van der Waals surface area contributed by atoms with Crippen molar-refractivity contribution in [2.24, 2.45) is 0 Å². The molecule has 50 heavy (non-hydrogen) atoms. The van der Waals surface area contributed by atoms with Crippen molar-refractivity contribution in [1.29, 1.82) is 0 Å². The van der Waals surface area contributed by atoms with Crippen molar-refractivity contribution in [1.82, 2.24) is 5.32 Å². The number of anilines is 2. The third-order valence-electron chi connectivity index (χ3n) is 8.80. The van der Waals surface area contributed by atoms with E-state index in [1.54, 1.807) is 0 Å². The van der Waals surface area contributed by atoms with Crippen LogP contribution < -0.4 is 20.3 Å². The second-order valence-corrected chi connectivity index (χ2v) is 12.6. The highest BCUT2D eigenvalue weighted by molar-refractivity contribution is 6.34. The van der Waals surface area contributed by atoms with Gasteiger partial charge in [-0.15, -0.1) is 0 Å². The van der Waals surface area contributed by atoms with Crippen molar-refractivity contribution >= 4 is 47.4 Å². The molecule has 0 radical (unpaired) electrons. The Balaban J connectivity index is 1.24. The molecule has 0 unspecified atom stereocenters. The fraction of sp³-hybridized carbons (Fsp3) is 0.282. The van der Waals surface area contributed by atoms with E-state index in [0.717, 1.165) is 22.3 Å². The van der Waals surface area contributed by atoms with Gasteiger partial charge in [0.1, 0.15) is 12.4 Å². The number of aldehydes is 1. The number of hydrogen-bond donors (Lipinski definition) is 3. The monoisotopic (exact) mass is 697 g/mol. The summed E-state index contributed by atoms with van der Waals surface area (Å²) in [5.41, 5.74) is 4.69. The number of halogens is 1. The molecule has 3 N–H and O–H groups in total. The molecule has 1 aliphatic carbocycles. The maximum atomic E-state index is 12.9. The molecule has 1 saturated carbocycles. The fourth-order valence-corrected chi connectivity index (χ4v) is 6.48. The Morgan fingerprint density at radius 2 is 1.62 bits per heavy atom. The Bertz CT molecular complexity index is 1790. The zero-order valence-corrected chi connectivity index (χ0v) is 28.5. The van der Waals surface area contributed by atoms with Crippen LogP contribution in [0.4, 0.5) is 21.0 Å². The van der Waals surface area contributed by atoms with Crippen LogP contribution in [0.15, 0.2) is 91.0 Å². The molecular formula is C39H40ClN3O7. The summed E-state index contributed by atoms with van der Waals surface area (Å²) in [4.78, 5) is 50.9. The Labute approximate surface area is 296 Å². The highest BCUT2D eigenvalue weighted by atomic mass is 35.5. The summed E-state index contributed by atoms with van der Waals surface area (Å²) in [5, 5.41) is 16.5. The second-order valence-electron chi connectivity index (χ2n) is 12.2. The predicted octanol–water partition coefficient (Wildman–Crippen LogP) is 8.51. The maximum Gasteiger partial charge on any atom is 0.412 e. The average molecular weight is 698 g/mol. The van der Waals surface area contributed by atoms with Gasteiger partial charge in [0, 0.05) is 30.1 Å². The summed E-state index contributed by atoms with van der Waals surface area (Å²) in [7, 11) is 1.43. The van der Waals surface area contributed by atoms with Crippen molar-refractivity contribution in [2.45, 2.75) is 63.6 Å². The number of nitrogens with one attached hydrogen (secondary N) is 2. The van der Waals surface area contributed by atoms with Crippen LogP contribution in [0.5, 0.6) is 5.75 Å². The van der Waals surface area contributed by atoms with Gasteiger partial charge in [0.15, 0.2) is 6.29 Å². The summed E-state index contributed by atoms with van der Waals surface area (Å²) in [6.07, 6.45) is 2.67. The normalized spacial score (nSPS) is 15.4. The van der Waals surface area contributed by atoms with Crippen molar-refractivity contribution in [3.05, 3.63) is 113 Å². The Hall–Kier alpha value is -5.35. The molecule has 1 aliphatic rings. The largest absolute Gasteiger partial charge is 0.496 e. The minimum atomic E-state index is -1.05. The number of amides is 3. The number of rotatable bonds is 13. The Morgan fingerprint density at radius 3 is 2.28 bits per heavy atom. The van der Waals surface area contributed by atoms with Crippen LogP contribution in [0.1, 0.15) is 60.0 Å². The number of aryl methyl sites for hydroxylation is 1. The number of methoxy groups -OCH3 is 1. The van der Waals surface area contributed by atoms with E-state index in [4.69, 9.17) is 21.1 Å². The van der Waals surface area contributed by atoms with Gasteiger partial charge in [0.05, 0.1) is 29.1 Å². The number of nitrogens with zero attached hydrogens (tertiary/aromatic N) is 1. The molecule has 0 bridgehead atoms. The lowest BCUT2D eigenvalue weighted by Crippen LogP contribution is -2.46. The number of carbonyl (C=O) groups is 4. The van der Waals surface area contributed by atoms with Crippen molar-refractivity contribution < 1.29 is 33.8 Å². The molecule has 11 heteroatoms. The molecule has 0 aliphatic heterocycles. The van der Waals surface area contributed by atoms with Gasteiger partial charge in [0.2, 0.25) is 5.91 Å². The number of alkyl carbamates (subject to hydrolysis) is 1. The molecule has 4 aromatic rings. The van der Waals surface area contributed by atoms with Crippen LogP contribution >= 0.6 is 11.6 Å². The number of carbonyl (C=O) groups excluding carboxylic acids is 3. The van der Waals surface area contributed by atoms with Crippen LogP contribution in [-0.2, 0) is 22.6 Å². The highest BCUT2D eigenvalue weighted by Crippen LogP contribution is 2.37. The zero-order valence-electron chi connectivity index (χ0n) is 27.8. The number of carboxylic acid groups (broad SMARTS) is 1. The van der Waals surface area contributed by atoms with Crippen LogP contribution in [0, 0.1) is 0 Å². The van der Waals surface area contributed by atoms with Gasteiger partial charge in [-0.2, -0.15) is 0 Å². The van der Waals surface area contributed by atoms with Gasteiger partial charge in [0.25, 0.3) is 0 Å². The SMILES string of the molecule is COc1cc(NC(=O)CCCc2ccc(-c3ccccc3)c(N(C(=O)O)[C@H]3CC[C@H](NC(=O)OCc4ccccc4)CC3)c2)c(Cl)cc1C=O. The summed E-state index contributed by atoms with van der Waals surface area (Å²) in [5.74, 6) is 0.0511. The fourth-order valence-electron chi connectivity index (χ4n) is 6.26. The highest BCUT2D eigenvalue weighted by Gasteiger charge is 2.32. The molecule has 5 rings (SSSR count). The summed E-state index contributed by atoms with van der Waals surface area (Å²) < 4.78 is 10.6. The first-order valence-corrected chi connectivity index (χ1v) is 16.9. The summed E-state index contributed by atoms with van der Waals surface area (Å²) >= 11 is 6.27. The minimum Gasteiger partial charge on any atom is -0.496 e. The van der Waals surface area contributed by atoms with Crippen LogP contribution in [0.2, 0.25) is 5.02 Å². The van der Waals surface area contributed by atoms with E-state index in [9.17, 15) is 24.3 Å². The molecule has 1 fully saturated rings. The van der Waals surface area contributed by atoms with E-state index in [-0.39, 0.29) is 41.6 Å². The van der Waals surface area contributed by atoms with E-state index < -0.39 is 12.2 Å². The molecular weight excluding hydrogens is 658 g/mol. The van der Waals surface area contributed by atoms with Gasteiger partial charge >= 0.3 is 12.2 Å². The zero-order chi connectivity index (χ0) is 35.5. The third-order valence-corrected chi connectivity index (χ3v) is 9.11. The number of ether oxygens (including phenoxy) is 2. The van der Waals surface area contributed by atoms with Crippen LogP contribution in [0.3, 0.4) is 0 Å². The van der Waals surface area contributed by atoms with Crippen LogP contribution in [0.25, 0.3) is 11.1 Å². The second kappa shape index (κ2) is 17.3. The quantitative estimate of drug-likeness (QED) is 0.119. The molecule has 260 valence electrons. The summed E-state index contributed by atoms with van der Waals surface area (Å²) in [6, 6.07) is 27.5. The van der Waals surface area contributed by atoms with Crippen molar-refractivity contribution in [3.8, 4) is 16.9 Å². The minimum absolute atomic E-state index is 0.116. The molecule has 4 aromatic carbocycles. The molecule has 10 nitrogen and oxygen atoms in total. The lowest BCUT2D eigenvalue weighted by molar-refractivity contribution is -0.116. The van der Waals surface area contributed by atoms with Crippen molar-refractivity contribution in [3.63, 3.8) is 0 Å². The molecule has 0 aromatic heterocycles. The number of hydrogen-bond acceptors (Lipinski definition) is 6. The van der Waals surface area contributed by atoms with Gasteiger partial charge in [-0.25, -0.2) is 9.59 Å². The first kappa shape index (κ1) is 35.9. The van der Waals surface area contributed by atoms with Crippen LogP contribution in [-0.4, -0.2) is 48.7 Å². The Morgan fingerprint density at radius 1 is 0.920 bits per heavy atom. The van der Waals surface area contributed by atoms with E-state index in [1.165, 1.54) is 24.1 Å². The first-order valence-electron chi connectivity index (χ1n) is 16.6. The number of benzene rings is 4. The molecule has 0 spiro atoms. The molecule has 0 saturated heterocycles. The van der Waals surface area contributed by atoms with E-state index >= 15 is 0 Å². The lowest BCUT2D eigenvalue weighted by atomic mass is 9.89. The van der Waals surface area contributed by atoms with Crippen molar-refractivity contribution in [2.75, 3.05) is 17.3 Å². The van der Waals surface area contributed by atoms with Gasteiger partial charge < -0.3 is 25.2 Å². The topological polar surface area (TPSA) is 134 Å². The molecule has 3 amide bonds. The standard InChI is InChI=1S/C39H40ClN3O7/c1-49-36-23-34(33(40)22-29(36)24-44)42-37(45)14-8-11-26-15-20-32(28-12-6-3-7-13-28)35(21-26)43(39(47)48)31-18-16-30(17-19-31)41-38(46)50-25-27-9-4-2-5-10-27/h2-7,9-10,12-13,15,20-24,30-31H,8,11,14,16-19,25H2,1H3,(H,41,46)(H,42,45)(H,47,48)/t30-,31-. The van der Waals surface area contributed by atoms with E-state index in [0.29, 0.717) is 61.9 Å². The van der Waals surface area contributed by atoms with Gasteiger partial charge in [-0.3, -0.25) is 14.5 Å². The smallest absolute Gasteiger partial charge is 0.412 e. The average Bonchev–Trinajstić information content (AvgIpc) is 3.13. The third kappa shape index (κ3) is 9.41. The lowest BCUT2D eigenvalue weighted by Gasteiger charge is -2.36. The van der Waals surface area contributed by atoms with Gasteiger partial charge in [-0.05, 0) is 67.3 Å². The predicted molar refractivity (Wildman–Crippen MR) is 193 cm³/mol. The van der Waals surface area contributed by atoms with E-state index in [2.05, 4.69) is 10.6 Å². The molecule has 0 heterocycles. The Kier molecular flexibility index (Phi) is 12.5. The molecule has 0 atom stereocenters. The maximum absolute atomic E-state index is 12.9.